The first-order chi connectivity index (χ1) is 19.5. The van der Waals surface area contributed by atoms with Crippen molar-refractivity contribution in [1.82, 2.24) is 10.3 Å². The molecule has 1 unspecified atom stereocenters. The Morgan fingerprint density at radius 3 is 2.63 bits per heavy atom. The molecule has 6 rings (SSSR count). The first-order valence-electron chi connectivity index (χ1n) is 15.9. The average molecular weight is 563 g/mol. The van der Waals surface area contributed by atoms with E-state index < -0.39 is 4.92 Å². The topological polar surface area (TPSA) is 111 Å². The predicted octanol–water partition coefficient (Wildman–Crippen LogP) is 8.19. The maximum Gasteiger partial charge on any atom is 0.301 e. The number of aryl methyl sites for hydroxylation is 1. The van der Waals surface area contributed by atoms with Gasteiger partial charge in [0.05, 0.1) is 10.6 Å². The molecular formula is C33H46N4O4. The first kappa shape index (κ1) is 28.4. The van der Waals surface area contributed by atoms with Crippen molar-refractivity contribution in [3.63, 3.8) is 0 Å². The number of carbonyl (C=O) groups is 1. The van der Waals surface area contributed by atoms with E-state index in [2.05, 4.69) is 43.3 Å². The van der Waals surface area contributed by atoms with Gasteiger partial charge in [-0.3, -0.25) is 14.9 Å². The summed E-state index contributed by atoms with van der Waals surface area (Å²) in [5.74, 6) is 4.23. The fourth-order valence-electron chi connectivity index (χ4n) is 10.2. The van der Waals surface area contributed by atoms with Gasteiger partial charge >= 0.3 is 5.69 Å². The number of anilines is 1. The summed E-state index contributed by atoms with van der Waals surface area (Å²) < 4.78 is 4.86. The number of carbonyl (C=O) groups excluding carboxylic acids is 1. The minimum Gasteiger partial charge on any atom is -0.380 e. The molecule has 1 heterocycles. The number of non-ortho nitro benzene ring substituents is 1. The summed E-state index contributed by atoms with van der Waals surface area (Å²) in [4.78, 5) is 23.2. The van der Waals surface area contributed by atoms with E-state index in [1.54, 1.807) is 6.07 Å². The maximum atomic E-state index is 12.2. The number of nitro groups is 1. The van der Waals surface area contributed by atoms with Crippen LogP contribution in [0.3, 0.4) is 0 Å². The summed E-state index contributed by atoms with van der Waals surface area (Å²) in [5.41, 5.74) is 4.26. The van der Waals surface area contributed by atoms with Crippen LogP contribution in [0.1, 0.15) is 104 Å². The zero-order valence-electron chi connectivity index (χ0n) is 25.4. The summed E-state index contributed by atoms with van der Waals surface area (Å²) in [5, 5.41) is 22.7. The molecule has 3 saturated carbocycles. The fourth-order valence-corrected chi connectivity index (χ4v) is 10.2. The third-order valence-corrected chi connectivity index (χ3v) is 12.3. The Morgan fingerprint density at radius 1 is 1.07 bits per heavy atom. The molecule has 41 heavy (non-hydrogen) atoms. The van der Waals surface area contributed by atoms with Crippen molar-refractivity contribution in [2.45, 2.75) is 111 Å². The van der Waals surface area contributed by atoms with Crippen LogP contribution in [0.2, 0.25) is 0 Å². The number of allylic oxidation sites excluding steroid dienone is 1. The van der Waals surface area contributed by atoms with Crippen molar-refractivity contribution in [3.05, 3.63) is 33.4 Å². The van der Waals surface area contributed by atoms with E-state index in [0.717, 1.165) is 67.0 Å². The minimum atomic E-state index is -0.435. The Bertz CT molecular complexity index is 1380. The highest BCUT2D eigenvalue weighted by atomic mass is 16.6. The quantitative estimate of drug-likeness (QED) is 0.255. The number of hydrogen-bond acceptors (Lipinski definition) is 7. The Hall–Kier alpha value is -2.77. The van der Waals surface area contributed by atoms with Crippen LogP contribution in [-0.4, -0.2) is 27.1 Å². The molecule has 0 aliphatic heterocycles. The van der Waals surface area contributed by atoms with Gasteiger partial charge in [0, 0.05) is 18.5 Å². The molecule has 1 aromatic carbocycles. The highest BCUT2D eigenvalue weighted by molar-refractivity contribution is 5.95. The number of nitrogens with zero attached hydrogens (tertiary/aromatic N) is 3. The Kier molecular flexibility index (Phi) is 7.26. The number of rotatable bonds is 8. The average Bonchev–Trinajstić information content (AvgIpc) is 3.55. The number of nitro benzene ring substituents is 1. The second kappa shape index (κ2) is 10.5. The van der Waals surface area contributed by atoms with Crippen molar-refractivity contribution in [3.8, 4) is 0 Å². The molecule has 8 nitrogen and oxygen atoms in total. The normalized spacial score (nSPS) is 34.4. The lowest BCUT2D eigenvalue weighted by molar-refractivity contribution is -0.383. The molecule has 0 bridgehead atoms. The van der Waals surface area contributed by atoms with E-state index in [0.29, 0.717) is 22.6 Å². The third kappa shape index (κ3) is 4.69. The summed E-state index contributed by atoms with van der Waals surface area (Å²) in [7, 11) is 0. The van der Waals surface area contributed by atoms with Gasteiger partial charge in [-0.15, -0.1) is 0 Å². The van der Waals surface area contributed by atoms with Crippen molar-refractivity contribution < 1.29 is 14.3 Å². The SMILES string of the molecule is Cc1cc([N+](=O)[O-])c2nonc2c1NC(C)CCC[C@@H](C)[C@H]1CC[C@H]2[C@@H]3CCC4=CC(=O)CC[C@]4(C)[C@H]3CC[C@]12C. The summed E-state index contributed by atoms with van der Waals surface area (Å²) in [6.45, 7) is 11.6. The smallest absolute Gasteiger partial charge is 0.301 e. The third-order valence-electron chi connectivity index (χ3n) is 12.3. The lowest BCUT2D eigenvalue weighted by atomic mass is 9.46. The van der Waals surface area contributed by atoms with Crippen molar-refractivity contribution in [2.24, 2.45) is 40.4 Å². The standard InChI is InChI=1S/C33H46N4O4/c1-19(7-6-8-21(3)34-29-20(2)17-28(37(39)40)30-31(29)36-41-35-30)25-11-12-26-24-10-9-22-18-23(38)13-15-32(22,4)27(24)14-16-33(25,26)5/h17-19,21,24-27,34H,6-16H2,1-5H3/t19-,21?,24+,25-,26+,27+,32+,33-/m1/s1. The van der Waals surface area contributed by atoms with E-state index in [9.17, 15) is 14.9 Å². The van der Waals surface area contributed by atoms with Crippen molar-refractivity contribution in [2.75, 3.05) is 5.32 Å². The van der Waals surface area contributed by atoms with Gasteiger partial charge in [0.1, 0.15) is 0 Å². The molecule has 222 valence electrons. The van der Waals surface area contributed by atoms with Crippen LogP contribution in [-0.2, 0) is 4.79 Å². The second-order valence-corrected chi connectivity index (χ2v) is 14.5. The lowest BCUT2D eigenvalue weighted by Crippen LogP contribution is -2.50. The molecule has 4 aliphatic carbocycles. The van der Waals surface area contributed by atoms with E-state index in [1.165, 1.54) is 44.1 Å². The number of benzene rings is 1. The highest BCUT2D eigenvalue weighted by Crippen LogP contribution is 2.67. The predicted molar refractivity (Wildman–Crippen MR) is 159 cm³/mol. The molecule has 4 aliphatic rings. The molecule has 0 spiro atoms. The first-order valence-corrected chi connectivity index (χ1v) is 15.9. The molecule has 1 N–H and O–H groups in total. The molecule has 1 aromatic heterocycles. The molecule has 8 heteroatoms. The van der Waals surface area contributed by atoms with Crippen LogP contribution in [0.15, 0.2) is 22.3 Å². The number of fused-ring (bicyclic) bond motifs is 6. The minimum absolute atomic E-state index is 0.0729. The monoisotopic (exact) mass is 562 g/mol. The molecule has 0 amide bonds. The van der Waals surface area contributed by atoms with Gasteiger partial charge in [-0.25, -0.2) is 4.63 Å². The van der Waals surface area contributed by atoms with E-state index in [4.69, 9.17) is 4.63 Å². The van der Waals surface area contributed by atoms with E-state index >= 15 is 0 Å². The van der Waals surface area contributed by atoms with E-state index in [-0.39, 0.29) is 22.7 Å². The van der Waals surface area contributed by atoms with Gasteiger partial charge in [-0.2, -0.15) is 0 Å². The van der Waals surface area contributed by atoms with Gasteiger partial charge in [-0.1, -0.05) is 39.2 Å². The second-order valence-electron chi connectivity index (χ2n) is 14.5. The van der Waals surface area contributed by atoms with Crippen molar-refractivity contribution >= 4 is 28.2 Å². The van der Waals surface area contributed by atoms with Crippen LogP contribution in [0.25, 0.3) is 11.0 Å². The maximum absolute atomic E-state index is 12.2. The zero-order valence-corrected chi connectivity index (χ0v) is 25.4. The molecule has 0 saturated heterocycles. The summed E-state index contributed by atoms with van der Waals surface area (Å²) in [6.07, 6.45) is 15.0. The zero-order chi connectivity index (χ0) is 29.1. The van der Waals surface area contributed by atoms with Gasteiger partial charge < -0.3 is 5.32 Å². The van der Waals surface area contributed by atoms with Crippen LogP contribution in [0, 0.1) is 57.5 Å². The number of ketones is 1. The van der Waals surface area contributed by atoms with Crippen LogP contribution < -0.4 is 5.32 Å². The lowest BCUT2D eigenvalue weighted by Gasteiger charge is -2.58. The van der Waals surface area contributed by atoms with Crippen LogP contribution >= 0.6 is 0 Å². The Labute approximate surface area is 243 Å². The summed E-state index contributed by atoms with van der Waals surface area (Å²) in [6, 6.07) is 1.75. The highest BCUT2D eigenvalue weighted by Gasteiger charge is 2.59. The molecular weight excluding hydrogens is 516 g/mol. The van der Waals surface area contributed by atoms with Crippen LogP contribution in [0.5, 0.6) is 0 Å². The van der Waals surface area contributed by atoms with Crippen molar-refractivity contribution in [1.29, 1.82) is 0 Å². The number of aromatic nitrogens is 2. The molecule has 2 aromatic rings. The van der Waals surface area contributed by atoms with Gasteiger partial charge in [0.2, 0.25) is 5.52 Å². The van der Waals surface area contributed by atoms with E-state index in [1.807, 2.05) is 13.0 Å². The number of hydrogen-bond donors (Lipinski definition) is 1. The molecule has 8 atom stereocenters. The Balaban J connectivity index is 1.07. The van der Waals surface area contributed by atoms with Gasteiger partial charge in [-0.05, 0) is 128 Å². The van der Waals surface area contributed by atoms with Gasteiger partial charge in [0.25, 0.3) is 0 Å². The largest absolute Gasteiger partial charge is 0.380 e. The molecule has 3 fully saturated rings. The van der Waals surface area contributed by atoms with Crippen LogP contribution in [0.4, 0.5) is 11.4 Å². The fraction of sp³-hybridized carbons (Fsp3) is 0.727. The number of nitrogens with one attached hydrogen (secondary N) is 1. The van der Waals surface area contributed by atoms with Gasteiger partial charge in [0.15, 0.2) is 11.3 Å². The Morgan fingerprint density at radius 2 is 1.85 bits per heavy atom. The molecule has 0 radical (unpaired) electrons. The summed E-state index contributed by atoms with van der Waals surface area (Å²) >= 11 is 0.